The lowest BCUT2D eigenvalue weighted by atomic mass is 10.1. The van der Waals surface area contributed by atoms with Gasteiger partial charge in [-0.2, -0.15) is 0 Å². The minimum absolute atomic E-state index is 0.224. The van der Waals surface area contributed by atoms with Gasteiger partial charge >= 0.3 is 5.97 Å². The monoisotopic (exact) mass is 178 g/mol. The van der Waals surface area contributed by atoms with Crippen molar-refractivity contribution in [1.82, 2.24) is 0 Å². The average molecular weight is 178 g/mol. The summed E-state index contributed by atoms with van der Waals surface area (Å²) in [6.07, 6.45) is -0.733. The Balaban J connectivity index is 3.56. The molecule has 4 heteroatoms. The van der Waals surface area contributed by atoms with Crippen molar-refractivity contribution >= 4 is 5.97 Å². The molecule has 2 atom stereocenters. The Morgan fingerprint density at radius 2 is 2.08 bits per heavy atom. The van der Waals surface area contributed by atoms with E-state index in [2.05, 4.69) is 0 Å². The molecule has 0 aliphatic carbocycles. The van der Waals surface area contributed by atoms with Crippen molar-refractivity contribution in [3.05, 3.63) is 0 Å². The highest BCUT2D eigenvalue weighted by molar-refractivity contribution is 5.72. The van der Waals surface area contributed by atoms with Crippen molar-refractivity contribution in [1.29, 1.82) is 0 Å². The average Bonchev–Trinajstić information content (AvgIpc) is 2.03. The molecule has 2 unspecified atom stereocenters. The third-order valence-electron chi connectivity index (χ3n) is 1.68. The van der Waals surface area contributed by atoms with Gasteiger partial charge in [0, 0.05) is 0 Å². The van der Waals surface area contributed by atoms with Gasteiger partial charge in [0.1, 0.15) is 0 Å². The van der Waals surface area contributed by atoms with Gasteiger partial charge in [0.2, 0.25) is 6.17 Å². The van der Waals surface area contributed by atoms with Gasteiger partial charge in [0.25, 0.3) is 0 Å². The summed E-state index contributed by atoms with van der Waals surface area (Å²) in [5.41, 5.74) is 0. The van der Waals surface area contributed by atoms with Crippen LogP contribution < -0.4 is 0 Å². The molecular formula is C8H15FO3. The quantitative estimate of drug-likeness (QED) is 0.603. The smallest absolute Gasteiger partial charge is 0.341 e. The van der Waals surface area contributed by atoms with Gasteiger partial charge in [-0.25, -0.2) is 9.18 Å². The van der Waals surface area contributed by atoms with Crippen molar-refractivity contribution < 1.29 is 19.4 Å². The fraction of sp³-hybridized carbons (Fsp3) is 0.875. The van der Waals surface area contributed by atoms with Gasteiger partial charge < -0.3 is 10.2 Å². The number of carbonyl (C=O) groups is 1. The third-order valence-corrected chi connectivity index (χ3v) is 1.68. The summed E-state index contributed by atoms with van der Waals surface area (Å²) < 4.78 is 12.5. The fourth-order valence-corrected chi connectivity index (χ4v) is 0.914. The van der Waals surface area contributed by atoms with Crippen LogP contribution in [0.1, 0.15) is 32.6 Å². The maximum atomic E-state index is 12.5. The van der Waals surface area contributed by atoms with E-state index in [0.717, 1.165) is 12.8 Å². The van der Waals surface area contributed by atoms with Gasteiger partial charge in [-0.05, 0) is 6.42 Å². The number of aliphatic hydroxyl groups is 1. The predicted molar refractivity (Wildman–Crippen MR) is 42.7 cm³/mol. The van der Waals surface area contributed by atoms with Crippen LogP contribution in [0.25, 0.3) is 0 Å². The van der Waals surface area contributed by atoms with Crippen LogP contribution in [-0.2, 0) is 4.79 Å². The van der Waals surface area contributed by atoms with Crippen molar-refractivity contribution in [2.75, 3.05) is 0 Å². The Morgan fingerprint density at radius 3 is 2.50 bits per heavy atom. The van der Waals surface area contributed by atoms with E-state index in [1.165, 1.54) is 0 Å². The van der Waals surface area contributed by atoms with Gasteiger partial charge in [-0.15, -0.1) is 0 Å². The summed E-state index contributed by atoms with van der Waals surface area (Å²) >= 11 is 0. The first-order valence-corrected chi connectivity index (χ1v) is 4.14. The number of hydrogen-bond acceptors (Lipinski definition) is 2. The third kappa shape index (κ3) is 4.28. The minimum atomic E-state index is -2.14. The molecule has 0 saturated heterocycles. The van der Waals surface area contributed by atoms with Gasteiger partial charge in [0.15, 0.2) is 0 Å². The summed E-state index contributed by atoms with van der Waals surface area (Å²) in [5, 5.41) is 17.1. The Kier molecular flexibility index (Phi) is 5.62. The number of aliphatic hydroxyl groups excluding tert-OH is 1. The zero-order valence-corrected chi connectivity index (χ0v) is 7.16. The number of rotatable bonds is 6. The second-order valence-corrected chi connectivity index (χ2v) is 2.80. The summed E-state index contributed by atoms with van der Waals surface area (Å²) in [5.74, 6) is -1.58. The van der Waals surface area contributed by atoms with Crippen LogP contribution in [-0.4, -0.2) is 28.5 Å². The fourth-order valence-electron chi connectivity index (χ4n) is 0.914. The zero-order valence-electron chi connectivity index (χ0n) is 7.16. The van der Waals surface area contributed by atoms with Gasteiger partial charge in [0.05, 0.1) is 6.10 Å². The van der Waals surface area contributed by atoms with Crippen LogP contribution >= 0.6 is 0 Å². The molecule has 0 saturated carbocycles. The highest BCUT2D eigenvalue weighted by atomic mass is 19.1. The Labute approximate surface area is 71.2 Å². The lowest BCUT2D eigenvalue weighted by Gasteiger charge is -2.10. The van der Waals surface area contributed by atoms with Gasteiger partial charge in [-0.1, -0.05) is 26.2 Å². The van der Waals surface area contributed by atoms with Gasteiger partial charge in [-0.3, -0.25) is 0 Å². The normalized spacial score (nSPS) is 15.6. The highest BCUT2D eigenvalue weighted by Crippen LogP contribution is 2.09. The van der Waals surface area contributed by atoms with Crippen molar-refractivity contribution in [2.24, 2.45) is 0 Å². The molecule has 0 aliphatic rings. The molecule has 0 aromatic carbocycles. The molecule has 0 aromatic rings. The maximum Gasteiger partial charge on any atom is 0.341 e. The SMILES string of the molecule is CCCCCC(O)C(F)C(=O)O. The molecule has 0 rings (SSSR count). The molecule has 0 fully saturated rings. The summed E-state index contributed by atoms with van der Waals surface area (Å²) in [7, 11) is 0. The van der Waals surface area contributed by atoms with Crippen LogP contribution in [0.2, 0.25) is 0 Å². The number of unbranched alkanes of at least 4 members (excludes halogenated alkanes) is 2. The van der Waals surface area contributed by atoms with E-state index < -0.39 is 18.2 Å². The topological polar surface area (TPSA) is 57.5 Å². The van der Waals surface area contributed by atoms with Crippen LogP contribution in [0.3, 0.4) is 0 Å². The molecule has 0 heterocycles. The molecular weight excluding hydrogens is 163 g/mol. The van der Waals surface area contributed by atoms with E-state index in [1.807, 2.05) is 6.92 Å². The molecule has 0 aromatic heterocycles. The number of halogens is 1. The lowest BCUT2D eigenvalue weighted by molar-refractivity contribution is -0.147. The lowest BCUT2D eigenvalue weighted by Crippen LogP contribution is -2.29. The molecule has 0 bridgehead atoms. The van der Waals surface area contributed by atoms with Crippen LogP contribution in [0.15, 0.2) is 0 Å². The largest absolute Gasteiger partial charge is 0.479 e. The van der Waals surface area contributed by atoms with Crippen LogP contribution in [0.4, 0.5) is 4.39 Å². The van der Waals surface area contributed by atoms with E-state index in [0.29, 0.717) is 6.42 Å². The summed E-state index contributed by atoms with van der Waals surface area (Å²) in [6.45, 7) is 1.98. The first-order valence-electron chi connectivity index (χ1n) is 4.14. The number of hydrogen-bond donors (Lipinski definition) is 2. The first-order chi connectivity index (χ1) is 5.59. The molecule has 3 nitrogen and oxygen atoms in total. The number of carboxylic acids is 1. The maximum absolute atomic E-state index is 12.5. The summed E-state index contributed by atoms with van der Waals surface area (Å²) in [6, 6.07) is 0. The van der Waals surface area contributed by atoms with Crippen molar-refractivity contribution in [3.63, 3.8) is 0 Å². The second kappa shape index (κ2) is 5.94. The number of aliphatic carboxylic acids is 1. The van der Waals surface area contributed by atoms with E-state index >= 15 is 0 Å². The van der Waals surface area contributed by atoms with Crippen molar-refractivity contribution in [3.8, 4) is 0 Å². The Hall–Kier alpha value is -0.640. The second-order valence-electron chi connectivity index (χ2n) is 2.80. The molecule has 0 aliphatic heterocycles. The minimum Gasteiger partial charge on any atom is -0.479 e. The number of alkyl halides is 1. The van der Waals surface area contributed by atoms with E-state index in [4.69, 9.17) is 10.2 Å². The molecule has 12 heavy (non-hydrogen) atoms. The molecule has 0 amide bonds. The molecule has 0 radical (unpaired) electrons. The highest BCUT2D eigenvalue weighted by Gasteiger charge is 2.24. The van der Waals surface area contributed by atoms with Crippen LogP contribution in [0.5, 0.6) is 0 Å². The van der Waals surface area contributed by atoms with Crippen molar-refractivity contribution in [2.45, 2.75) is 44.9 Å². The first kappa shape index (κ1) is 11.4. The predicted octanol–water partition coefficient (Wildman–Crippen LogP) is 1.35. The number of carboxylic acid groups (broad SMARTS) is 1. The Bertz CT molecular complexity index is 138. The standard InChI is InChI=1S/C8H15FO3/c1-2-3-4-5-6(10)7(9)8(11)12/h6-7,10H,2-5H2,1H3,(H,11,12). The molecule has 72 valence electrons. The molecule has 2 N–H and O–H groups in total. The van der Waals surface area contributed by atoms with E-state index in [-0.39, 0.29) is 6.42 Å². The van der Waals surface area contributed by atoms with Crippen LogP contribution in [0, 0.1) is 0 Å². The zero-order chi connectivity index (χ0) is 9.56. The summed E-state index contributed by atoms with van der Waals surface area (Å²) in [4.78, 5) is 10.0. The Morgan fingerprint density at radius 1 is 1.50 bits per heavy atom. The molecule has 0 spiro atoms. The van der Waals surface area contributed by atoms with E-state index in [9.17, 15) is 9.18 Å². The van der Waals surface area contributed by atoms with E-state index in [1.54, 1.807) is 0 Å².